The fourth-order valence-corrected chi connectivity index (χ4v) is 2.22. The first-order valence-electron chi connectivity index (χ1n) is 6.98. The molecule has 1 heterocycles. The Balaban J connectivity index is 0.000000346. The number of hydrogen-bond donors (Lipinski definition) is 4. The molecule has 0 aromatic heterocycles. The minimum absolute atomic E-state index is 0.0320. The van der Waals surface area contributed by atoms with E-state index in [-0.39, 0.29) is 5.54 Å². The predicted molar refractivity (Wildman–Crippen MR) is 88.1 cm³/mol. The summed E-state index contributed by atoms with van der Waals surface area (Å²) in [6.07, 6.45) is 1.19. The topological polar surface area (TPSA) is 99.0 Å². The number of aliphatic hydroxyl groups excluding tert-OH is 1. The van der Waals surface area contributed by atoms with Gasteiger partial charge in [-0.3, -0.25) is 4.57 Å². The van der Waals surface area contributed by atoms with E-state index in [1.54, 1.807) is 0 Å². The van der Waals surface area contributed by atoms with Gasteiger partial charge in [0.25, 0.3) is 0 Å². The molecule has 0 atom stereocenters. The van der Waals surface area contributed by atoms with Gasteiger partial charge in [-0.25, -0.2) is 0 Å². The van der Waals surface area contributed by atoms with Crippen LogP contribution in [-0.4, -0.2) is 33.4 Å². The third-order valence-corrected chi connectivity index (χ3v) is 3.31. The Morgan fingerprint density at radius 2 is 1.91 bits per heavy atom. The number of allylic oxidation sites excluding steroid dienone is 1. The fraction of sp³-hybridized carbons (Fsp3) is 0.467. The number of ether oxygens (including phenoxy) is 1. The molecule has 0 spiro atoms. The maximum Gasteiger partial charge on any atom is 0.350 e. The zero-order valence-electron chi connectivity index (χ0n) is 13.3. The highest BCUT2D eigenvalue weighted by atomic mass is 31.2. The largest absolute Gasteiger partial charge is 0.494 e. The van der Waals surface area contributed by atoms with E-state index in [1.165, 1.54) is 16.8 Å². The average Bonchev–Trinajstić information content (AvgIpc) is 2.39. The molecule has 2 rings (SSSR count). The second-order valence-electron chi connectivity index (χ2n) is 5.62. The molecule has 1 aliphatic heterocycles. The minimum atomic E-state index is -4.09. The van der Waals surface area contributed by atoms with Crippen LogP contribution >= 0.6 is 7.60 Å². The van der Waals surface area contributed by atoms with E-state index in [9.17, 15) is 4.57 Å². The number of anilines is 1. The molecule has 0 unspecified atom stereocenters. The van der Waals surface area contributed by atoms with Crippen LogP contribution in [0.4, 0.5) is 5.69 Å². The number of benzene rings is 1. The summed E-state index contributed by atoms with van der Waals surface area (Å²) in [7, 11) is -4.09. The molecule has 6 nitrogen and oxygen atoms in total. The van der Waals surface area contributed by atoms with E-state index < -0.39 is 13.9 Å². The van der Waals surface area contributed by atoms with Crippen LogP contribution in [0.25, 0.3) is 5.57 Å². The summed E-state index contributed by atoms with van der Waals surface area (Å²) in [5, 5.41) is 11.1. The lowest BCUT2D eigenvalue weighted by atomic mass is 9.91. The highest BCUT2D eigenvalue weighted by Crippen LogP contribution is 2.35. The molecule has 0 fully saturated rings. The molecule has 1 aliphatic rings. The average molecular weight is 329 g/mol. The summed E-state index contributed by atoms with van der Waals surface area (Å²) >= 11 is 0. The first kappa shape index (κ1) is 18.7. The Morgan fingerprint density at radius 1 is 1.32 bits per heavy atom. The first-order valence-corrected chi connectivity index (χ1v) is 8.78. The van der Waals surface area contributed by atoms with Crippen molar-refractivity contribution < 1.29 is 24.2 Å². The molecule has 0 radical (unpaired) electrons. The van der Waals surface area contributed by atoms with E-state index in [0.29, 0.717) is 6.61 Å². The molecule has 22 heavy (non-hydrogen) atoms. The minimum Gasteiger partial charge on any atom is -0.494 e. The quantitative estimate of drug-likeness (QED) is 0.637. The van der Waals surface area contributed by atoms with Crippen molar-refractivity contribution in [3.8, 4) is 5.75 Å². The number of nitrogens with one attached hydrogen (secondary N) is 1. The maximum absolute atomic E-state index is 9.44. The standard InChI is InChI=1S/C14H19NO.CH5O4P/c1-5-16-11-6-7-13-12(8-11)10(2)9-14(3,4)15-13;2-1-6(3,4)5/h6-9,15H,5H2,1-4H3;2H,1H2,(H2,3,4,5). The van der Waals surface area contributed by atoms with Crippen molar-refractivity contribution in [3.63, 3.8) is 0 Å². The molecule has 124 valence electrons. The van der Waals surface area contributed by atoms with Crippen LogP contribution in [0.3, 0.4) is 0 Å². The molecule has 1 aromatic rings. The van der Waals surface area contributed by atoms with Crippen molar-refractivity contribution in [2.75, 3.05) is 18.3 Å². The number of fused-ring (bicyclic) bond motifs is 1. The summed E-state index contributed by atoms with van der Waals surface area (Å²) < 4.78 is 15.0. The summed E-state index contributed by atoms with van der Waals surface area (Å²) in [5.74, 6) is 0.940. The summed E-state index contributed by atoms with van der Waals surface area (Å²) in [4.78, 5) is 15.4. The smallest absolute Gasteiger partial charge is 0.350 e. The molecular weight excluding hydrogens is 305 g/mol. The Hall–Kier alpha value is -1.33. The van der Waals surface area contributed by atoms with Gasteiger partial charge in [0.2, 0.25) is 0 Å². The number of aliphatic hydroxyl groups is 1. The lowest BCUT2D eigenvalue weighted by Gasteiger charge is -2.31. The zero-order valence-corrected chi connectivity index (χ0v) is 14.2. The Labute approximate surface area is 131 Å². The molecular formula is C15H24NO5P. The van der Waals surface area contributed by atoms with Crippen LogP contribution < -0.4 is 10.1 Å². The van der Waals surface area contributed by atoms with Gasteiger partial charge in [0.1, 0.15) is 12.1 Å². The van der Waals surface area contributed by atoms with Crippen molar-refractivity contribution in [2.45, 2.75) is 33.2 Å². The molecule has 7 heteroatoms. The van der Waals surface area contributed by atoms with Gasteiger partial charge in [0.15, 0.2) is 0 Å². The monoisotopic (exact) mass is 329 g/mol. The van der Waals surface area contributed by atoms with Crippen molar-refractivity contribution in [2.24, 2.45) is 0 Å². The third kappa shape index (κ3) is 5.81. The van der Waals surface area contributed by atoms with Crippen LogP contribution in [0.15, 0.2) is 24.3 Å². The molecule has 4 N–H and O–H groups in total. The maximum atomic E-state index is 9.44. The molecule has 0 bridgehead atoms. The highest BCUT2D eigenvalue weighted by molar-refractivity contribution is 7.51. The molecule has 0 aliphatic carbocycles. The van der Waals surface area contributed by atoms with Gasteiger partial charge in [-0.1, -0.05) is 6.08 Å². The van der Waals surface area contributed by atoms with E-state index in [4.69, 9.17) is 19.6 Å². The summed E-state index contributed by atoms with van der Waals surface area (Å²) in [6, 6.07) is 6.22. The Bertz CT molecular complexity index is 592. The van der Waals surface area contributed by atoms with Gasteiger partial charge in [-0.05, 0) is 51.5 Å². The molecule has 0 amide bonds. The Morgan fingerprint density at radius 3 is 2.41 bits per heavy atom. The van der Waals surface area contributed by atoms with Crippen LogP contribution in [0.5, 0.6) is 5.75 Å². The highest BCUT2D eigenvalue weighted by Gasteiger charge is 2.22. The van der Waals surface area contributed by atoms with Gasteiger partial charge in [-0.15, -0.1) is 0 Å². The van der Waals surface area contributed by atoms with Gasteiger partial charge in [0, 0.05) is 11.3 Å². The van der Waals surface area contributed by atoms with Crippen LogP contribution in [-0.2, 0) is 4.57 Å². The number of hydrogen-bond acceptors (Lipinski definition) is 4. The van der Waals surface area contributed by atoms with Gasteiger partial charge in [0.05, 0.1) is 12.1 Å². The molecule has 1 aromatic carbocycles. The van der Waals surface area contributed by atoms with E-state index in [1.807, 2.05) is 13.0 Å². The number of rotatable bonds is 3. The predicted octanol–water partition coefficient (Wildman–Crippen LogP) is 2.81. The van der Waals surface area contributed by atoms with Gasteiger partial charge in [-0.2, -0.15) is 0 Å². The lowest BCUT2D eigenvalue weighted by molar-refractivity contribution is 0.287. The third-order valence-electron chi connectivity index (χ3n) is 2.95. The second kappa shape index (κ2) is 7.29. The van der Waals surface area contributed by atoms with Crippen molar-refractivity contribution >= 4 is 18.9 Å². The van der Waals surface area contributed by atoms with Crippen LogP contribution in [0, 0.1) is 0 Å². The first-order chi connectivity index (χ1) is 10.1. The normalized spacial score (nSPS) is 15.7. The summed E-state index contributed by atoms with van der Waals surface area (Å²) in [5.41, 5.74) is 3.77. The fourth-order valence-electron chi connectivity index (χ4n) is 2.22. The second-order valence-corrected chi connectivity index (χ2v) is 7.23. The molecule has 0 saturated carbocycles. The van der Waals surface area contributed by atoms with Gasteiger partial charge >= 0.3 is 7.60 Å². The van der Waals surface area contributed by atoms with E-state index in [0.717, 1.165) is 5.75 Å². The van der Waals surface area contributed by atoms with E-state index in [2.05, 4.69) is 44.3 Å². The lowest BCUT2D eigenvalue weighted by Crippen LogP contribution is -2.31. The SMILES string of the molecule is CCOc1ccc2c(c1)C(C)=CC(C)(C)N2.O=P(O)(O)CO. The summed E-state index contributed by atoms with van der Waals surface area (Å²) in [6.45, 7) is 9.22. The molecule has 0 saturated heterocycles. The van der Waals surface area contributed by atoms with Crippen molar-refractivity contribution in [1.29, 1.82) is 0 Å². The van der Waals surface area contributed by atoms with Crippen LogP contribution in [0.2, 0.25) is 0 Å². The van der Waals surface area contributed by atoms with Crippen LogP contribution in [0.1, 0.15) is 33.3 Å². The zero-order chi connectivity index (χ0) is 17.0. The van der Waals surface area contributed by atoms with Gasteiger partial charge < -0.3 is 24.9 Å². The van der Waals surface area contributed by atoms with Crippen molar-refractivity contribution in [3.05, 3.63) is 29.8 Å². The van der Waals surface area contributed by atoms with E-state index >= 15 is 0 Å². The Kier molecular flexibility index (Phi) is 6.20. The van der Waals surface area contributed by atoms with Crippen molar-refractivity contribution in [1.82, 2.24) is 0 Å².